The van der Waals surface area contributed by atoms with Gasteiger partial charge in [-0.2, -0.15) is 0 Å². The normalized spacial score (nSPS) is 15.0. The van der Waals surface area contributed by atoms with Crippen LogP contribution in [0.2, 0.25) is 0 Å². The molecule has 0 saturated heterocycles. The molecule has 2 N–H and O–H groups in total. The van der Waals surface area contributed by atoms with Crippen molar-refractivity contribution < 1.29 is 14.7 Å². The molecule has 0 bridgehead atoms. The molecule has 0 aliphatic heterocycles. The molecule has 0 aromatic heterocycles. The van der Waals surface area contributed by atoms with E-state index in [0.717, 1.165) is 27.8 Å². The lowest BCUT2D eigenvalue weighted by molar-refractivity contribution is -0.140. The molecule has 164 valence electrons. The number of ketones is 1. The Bertz CT molecular complexity index is 1100. The molecule has 0 amide bonds. The van der Waals surface area contributed by atoms with Crippen molar-refractivity contribution in [3.63, 3.8) is 0 Å². The van der Waals surface area contributed by atoms with Crippen molar-refractivity contribution in [2.45, 2.75) is 45.2 Å². The first-order chi connectivity index (χ1) is 15.2. The van der Waals surface area contributed by atoms with Gasteiger partial charge in [-0.15, -0.1) is 0 Å². The summed E-state index contributed by atoms with van der Waals surface area (Å²) in [7, 11) is 0. The monoisotopic (exact) mass is 427 g/mol. The molecule has 0 heterocycles. The van der Waals surface area contributed by atoms with E-state index in [1.807, 2.05) is 75.4 Å². The largest absolute Gasteiger partial charge is 0.480 e. The standard InChI is InChI=1S/C28H29NO3/c1-27(2,3)25(30)18-17-24(26(31)32)29-28(19-11-5-4-6-12-19)22-15-9-7-13-20(22)21-14-8-10-16-23(21)28/h4-16,24,29H,17-18H2,1-3H3,(H,31,32)/t24-/m1/s1. The average Bonchev–Trinajstić information content (AvgIpc) is 3.07. The first kappa shape index (κ1) is 22.0. The van der Waals surface area contributed by atoms with Crippen molar-refractivity contribution in [3.05, 3.63) is 95.6 Å². The molecule has 1 aliphatic rings. The number of benzene rings is 3. The molecule has 0 saturated carbocycles. The Morgan fingerprint density at radius 1 is 0.844 bits per heavy atom. The van der Waals surface area contributed by atoms with Crippen LogP contribution in [0.4, 0.5) is 0 Å². The van der Waals surface area contributed by atoms with Crippen molar-refractivity contribution in [1.82, 2.24) is 5.32 Å². The van der Waals surface area contributed by atoms with Crippen molar-refractivity contribution in [3.8, 4) is 11.1 Å². The molecule has 3 aromatic rings. The summed E-state index contributed by atoms with van der Waals surface area (Å²) >= 11 is 0. The van der Waals surface area contributed by atoms with Gasteiger partial charge >= 0.3 is 5.97 Å². The van der Waals surface area contributed by atoms with Crippen LogP contribution in [-0.2, 0) is 15.1 Å². The third-order valence-corrected chi connectivity index (χ3v) is 6.34. The molecule has 3 aromatic carbocycles. The maximum Gasteiger partial charge on any atom is 0.320 e. The van der Waals surface area contributed by atoms with Gasteiger partial charge in [-0.3, -0.25) is 14.9 Å². The number of carbonyl (C=O) groups is 2. The zero-order valence-corrected chi connectivity index (χ0v) is 18.8. The summed E-state index contributed by atoms with van der Waals surface area (Å²) in [5, 5.41) is 13.6. The van der Waals surface area contributed by atoms with Gasteiger partial charge in [-0.1, -0.05) is 99.6 Å². The van der Waals surface area contributed by atoms with Crippen molar-refractivity contribution in [1.29, 1.82) is 0 Å². The van der Waals surface area contributed by atoms with Crippen molar-refractivity contribution >= 4 is 11.8 Å². The van der Waals surface area contributed by atoms with Crippen molar-refractivity contribution in [2.24, 2.45) is 5.41 Å². The Morgan fingerprint density at radius 3 is 1.84 bits per heavy atom. The zero-order valence-electron chi connectivity index (χ0n) is 18.8. The maximum absolute atomic E-state index is 12.6. The van der Waals surface area contributed by atoms with Gasteiger partial charge < -0.3 is 5.11 Å². The quantitative estimate of drug-likeness (QED) is 0.530. The summed E-state index contributed by atoms with van der Waals surface area (Å²) in [5.74, 6) is -0.893. The minimum Gasteiger partial charge on any atom is -0.480 e. The van der Waals surface area contributed by atoms with E-state index in [9.17, 15) is 14.7 Å². The van der Waals surface area contributed by atoms with Gasteiger partial charge in [0.15, 0.2) is 0 Å². The molecular weight excluding hydrogens is 398 g/mol. The maximum atomic E-state index is 12.6. The molecular formula is C28H29NO3. The minimum atomic E-state index is -0.955. The highest BCUT2D eigenvalue weighted by Crippen LogP contribution is 2.51. The number of carboxylic acid groups (broad SMARTS) is 1. The lowest BCUT2D eigenvalue weighted by Crippen LogP contribution is -2.51. The molecule has 32 heavy (non-hydrogen) atoms. The fourth-order valence-corrected chi connectivity index (χ4v) is 4.64. The first-order valence-electron chi connectivity index (χ1n) is 11.0. The number of Topliss-reactive ketones (excluding diaryl/α,β-unsaturated/α-hetero) is 1. The van der Waals surface area contributed by atoms with Crippen LogP contribution >= 0.6 is 0 Å². The molecule has 4 heteroatoms. The van der Waals surface area contributed by atoms with E-state index >= 15 is 0 Å². The molecule has 0 radical (unpaired) electrons. The van der Waals surface area contributed by atoms with Crippen LogP contribution in [0.25, 0.3) is 11.1 Å². The number of fused-ring (bicyclic) bond motifs is 3. The number of carboxylic acids is 1. The van der Waals surface area contributed by atoms with Crippen LogP contribution in [0.5, 0.6) is 0 Å². The average molecular weight is 428 g/mol. The second-order valence-electron chi connectivity index (χ2n) is 9.45. The van der Waals surface area contributed by atoms with E-state index < -0.39 is 23.0 Å². The van der Waals surface area contributed by atoms with E-state index in [0.29, 0.717) is 0 Å². The zero-order chi connectivity index (χ0) is 22.9. The van der Waals surface area contributed by atoms with Gasteiger partial charge in [0, 0.05) is 11.8 Å². The molecule has 4 nitrogen and oxygen atoms in total. The molecule has 0 spiro atoms. The Balaban J connectivity index is 1.84. The number of carbonyl (C=O) groups excluding carboxylic acids is 1. The highest BCUT2D eigenvalue weighted by molar-refractivity contribution is 5.86. The molecule has 0 unspecified atom stereocenters. The van der Waals surface area contributed by atoms with Crippen LogP contribution in [0.15, 0.2) is 78.9 Å². The lowest BCUT2D eigenvalue weighted by atomic mass is 9.79. The smallest absolute Gasteiger partial charge is 0.320 e. The van der Waals surface area contributed by atoms with Crippen LogP contribution in [0.3, 0.4) is 0 Å². The Morgan fingerprint density at radius 2 is 1.34 bits per heavy atom. The fourth-order valence-electron chi connectivity index (χ4n) is 4.64. The molecule has 4 rings (SSSR count). The second kappa shape index (κ2) is 8.36. The van der Waals surface area contributed by atoms with Gasteiger partial charge in [-0.05, 0) is 34.2 Å². The highest BCUT2D eigenvalue weighted by atomic mass is 16.4. The molecule has 1 atom stereocenters. The second-order valence-corrected chi connectivity index (χ2v) is 9.45. The van der Waals surface area contributed by atoms with Crippen LogP contribution < -0.4 is 5.32 Å². The summed E-state index contributed by atoms with van der Waals surface area (Å²) in [6, 6.07) is 25.4. The van der Waals surface area contributed by atoms with Gasteiger partial charge in [-0.25, -0.2) is 0 Å². The topological polar surface area (TPSA) is 66.4 Å². The Labute approximate surface area is 189 Å². The van der Waals surface area contributed by atoms with Gasteiger partial charge in [0.1, 0.15) is 11.8 Å². The van der Waals surface area contributed by atoms with E-state index in [1.54, 1.807) is 0 Å². The van der Waals surface area contributed by atoms with E-state index in [-0.39, 0.29) is 18.6 Å². The number of nitrogens with one attached hydrogen (secondary N) is 1. The van der Waals surface area contributed by atoms with Crippen molar-refractivity contribution in [2.75, 3.05) is 0 Å². The number of rotatable bonds is 7. The van der Waals surface area contributed by atoms with Crippen LogP contribution in [-0.4, -0.2) is 22.9 Å². The molecule has 0 fully saturated rings. The third-order valence-electron chi connectivity index (χ3n) is 6.34. The molecule has 1 aliphatic carbocycles. The number of hydrogen-bond donors (Lipinski definition) is 2. The van der Waals surface area contributed by atoms with Gasteiger partial charge in [0.25, 0.3) is 0 Å². The van der Waals surface area contributed by atoms with Gasteiger partial charge in [0.05, 0.1) is 5.54 Å². The highest BCUT2D eigenvalue weighted by Gasteiger charge is 2.46. The van der Waals surface area contributed by atoms with Gasteiger partial charge in [0.2, 0.25) is 0 Å². The summed E-state index contributed by atoms with van der Waals surface area (Å²) < 4.78 is 0. The SMILES string of the molecule is CC(C)(C)C(=O)CC[C@@H](NC1(c2ccccc2)c2ccccc2-c2ccccc21)C(=O)O. The van der Waals surface area contributed by atoms with E-state index in [2.05, 4.69) is 29.6 Å². The predicted molar refractivity (Wildman–Crippen MR) is 126 cm³/mol. The number of aliphatic carboxylic acids is 1. The fraction of sp³-hybridized carbons (Fsp3) is 0.286. The lowest BCUT2D eigenvalue weighted by Gasteiger charge is -2.37. The third kappa shape index (κ3) is 3.76. The van der Waals surface area contributed by atoms with Crippen LogP contribution in [0, 0.1) is 5.41 Å². The Hall–Kier alpha value is -3.24. The Kier molecular flexibility index (Phi) is 5.74. The predicted octanol–water partition coefficient (Wildman–Crippen LogP) is 5.40. The summed E-state index contributed by atoms with van der Waals surface area (Å²) in [5.41, 5.74) is 3.91. The summed E-state index contributed by atoms with van der Waals surface area (Å²) in [4.78, 5) is 24.9. The van der Waals surface area contributed by atoms with E-state index in [4.69, 9.17) is 0 Å². The van der Waals surface area contributed by atoms with Crippen LogP contribution in [0.1, 0.15) is 50.3 Å². The minimum absolute atomic E-state index is 0.0616. The summed E-state index contributed by atoms with van der Waals surface area (Å²) in [6.45, 7) is 5.61. The van der Waals surface area contributed by atoms with E-state index in [1.165, 1.54) is 0 Å². The summed E-state index contributed by atoms with van der Waals surface area (Å²) in [6.07, 6.45) is 0.436. The number of hydrogen-bond acceptors (Lipinski definition) is 3. The first-order valence-corrected chi connectivity index (χ1v) is 11.0.